The summed E-state index contributed by atoms with van der Waals surface area (Å²) in [5.74, 6) is 1.06. The first-order chi connectivity index (χ1) is 10.0. The molecule has 2 atom stereocenters. The molecule has 0 radical (unpaired) electrons. The molecule has 1 aromatic carbocycles. The molecule has 0 aromatic heterocycles. The van der Waals surface area contributed by atoms with Gasteiger partial charge in [0.25, 0.3) is 0 Å². The predicted octanol–water partition coefficient (Wildman–Crippen LogP) is 3.32. The topological polar surface area (TPSA) is 47.6 Å². The molecule has 0 aliphatic carbocycles. The van der Waals surface area contributed by atoms with Gasteiger partial charge in [-0.1, -0.05) is 32.9 Å². The summed E-state index contributed by atoms with van der Waals surface area (Å²) in [5.41, 5.74) is 1.15. The van der Waals surface area contributed by atoms with Crippen LogP contribution >= 0.6 is 0 Å². The van der Waals surface area contributed by atoms with E-state index in [1.165, 1.54) is 7.11 Å². The Labute approximate surface area is 127 Å². The fourth-order valence-electron chi connectivity index (χ4n) is 2.37. The zero-order chi connectivity index (χ0) is 15.8. The summed E-state index contributed by atoms with van der Waals surface area (Å²) in [5, 5.41) is 3.42. The van der Waals surface area contributed by atoms with Crippen molar-refractivity contribution < 1.29 is 14.3 Å². The van der Waals surface area contributed by atoms with Crippen LogP contribution in [0.1, 0.15) is 45.2 Å². The fraction of sp³-hybridized carbons (Fsp3) is 0.588. The highest BCUT2D eigenvalue weighted by atomic mass is 16.5. The Morgan fingerprint density at radius 2 is 1.81 bits per heavy atom. The molecule has 1 aromatic rings. The van der Waals surface area contributed by atoms with Gasteiger partial charge in [-0.2, -0.15) is 0 Å². The van der Waals surface area contributed by atoms with Gasteiger partial charge in [0.1, 0.15) is 11.8 Å². The van der Waals surface area contributed by atoms with Crippen LogP contribution in [-0.4, -0.2) is 26.2 Å². The van der Waals surface area contributed by atoms with Gasteiger partial charge in [0.15, 0.2) is 0 Å². The second kappa shape index (κ2) is 8.67. The van der Waals surface area contributed by atoms with Gasteiger partial charge in [-0.25, -0.2) is 0 Å². The molecule has 0 bridgehead atoms. The Bertz CT molecular complexity index is 428. The summed E-state index contributed by atoms with van der Waals surface area (Å²) in [6.45, 7) is 6.31. The highest BCUT2D eigenvalue weighted by Gasteiger charge is 2.23. The molecule has 0 fully saturated rings. The highest BCUT2D eigenvalue weighted by Crippen LogP contribution is 2.22. The second-order valence-electron chi connectivity index (χ2n) is 5.61. The van der Waals surface area contributed by atoms with Crippen molar-refractivity contribution in [2.24, 2.45) is 5.92 Å². The van der Waals surface area contributed by atoms with E-state index in [-0.39, 0.29) is 18.1 Å². The molecule has 0 amide bonds. The van der Waals surface area contributed by atoms with Crippen molar-refractivity contribution in [2.75, 3.05) is 14.2 Å². The quantitative estimate of drug-likeness (QED) is 0.747. The predicted molar refractivity (Wildman–Crippen MR) is 84.4 cm³/mol. The van der Waals surface area contributed by atoms with Crippen LogP contribution in [0.15, 0.2) is 24.3 Å². The third-order valence-electron chi connectivity index (χ3n) is 3.52. The maximum absolute atomic E-state index is 11.9. The Kier molecular flexibility index (Phi) is 7.23. The minimum atomic E-state index is -0.276. The van der Waals surface area contributed by atoms with Crippen molar-refractivity contribution in [3.63, 3.8) is 0 Å². The Morgan fingerprint density at radius 3 is 2.24 bits per heavy atom. The van der Waals surface area contributed by atoms with Gasteiger partial charge in [-0.3, -0.25) is 10.1 Å². The van der Waals surface area contributed by atoms with Crippen LogP contribution in [0, 0.1) is 5.92 Å². The van der Waals surface area contributed by atoms with Gasteiger partial charge in [-0.05, 0) is 36.5 Å². The summed E-state index contributed by atoms with van der Waals surface area (Å²) in [7, 11) is 3.09. The van der Waals surface area contributed by atoms with Crippen LogP contribution < -0.4 is 10.1 Å². The highest BCUT2D eigenvalue weighted by molar-refractivity contribution is 5.75. The van der Waals surface area contributed by atoms with Gasteiger partial charge in [0.2, 0.25) is 0 Å². The summed E-state index contributed by atoms with van der Waals surface area (Å²) < 4.78 is 10.1. The maximum Gasteiger partial charge on any atom is 0.322 e. The van der Waals surface area contributed by atoms with Crippen molar-refractivity contribution in [3.8, 4) is 5.75 Å². The Hall–Kier alpha value is -1.55. The van der Waals surface area contributed by atoms with Gasteiger partial charge < -0.3 is 9.47 Å². The van der Waals surface area contributed by atoms with E-state index in [0.29, 0.717) is 5.92 Å². The SMILES string of the molecule is CCC(NC(CC(C)C)C(=O)OC)c1ccc(OC)cc1. The fourth-order valence-corrected chi connectivity index (χ4v) is 2.37. The molecule has 1 rings (SSSR count). The Morgan fingerprint density at radius 1 is 1.19 bits per heavy atom. The zero-order valence-corrected chi connectivity index (χ0v) is 13.7. The molecule has 21 heavy (non-hydrogen) atoms. The number of hydrogen-bond acceptors (Lipinski definition) is 4. The minimum Gasteiger partial charge on any atom is -0.497 e. The molecule has 0 saturated heterocycles. The smallest absolute Gasteiger partial charge is 0.322 e. The monoisotopic (exact) mass is 293 g/mol. The average Bonchev–Trinajstić information content (AvgIpc) is 2.50. The van der Waals surface area contributed by atoms with Crippen molar-refractivity contribution >= 4 is 5.97 Å². The van der Waals surface area contributed by atoms with Crippen molar-refractivity contribution in [3.05, 3.63) is 29.8 Å². The van der Waals surface area contributed by atoms with Crippen LogP contribution in [-0.2, 0) is 9.53 Å². The molecular weight excluding hydrogens is 266 g/mol. The third kappa shape index (κ3) is 5.38. The summed E-state index contributed by atoms with van der Waals surface area (Å²) in [4.78, 5) is 11.9. The van der Waals surface area contributed by atoms with Crippen LogP contribution in [0.25, 0.3) is 0 Å². The summed E-state index contributed by atoms with van der Waals surface area (Å²) in [6.07, 6.45) is 1.66. The van der Waals surface area contributed by atoms with E-state index in [1.54, 1.807) is 7.11 Å². The van der Waals surface area contributed by atoms with Gasteiger partial charge in [0, 0.05) is 6.04 Å². The van der Waals surface area contributed by atoms with E-state index in [1.807, 2.05) is 24.3 Å². The minimum absolute atomic E-state index is 0.124. The lowest BCUT2D eigenvalue weighted by atomic mass is 9.99. The van der Waals surface area contributed by atoms with Crippen molar-refractivity contribution in [1.29, 1.82) is 0 Å². The van der Waals surface area contributed by atoms with Crippen molar-refractivity contribution in [2.45, 2.75) is 45.7 Å². The van der Waals surface area contributed by atoms with Crippen LogP contribution in [0.2, 0.25) is 0 Å². The normalized spacial score (nSPS) is 13.8. The Balaban J connectivity index is 2.83. The standard InChI is InChI=1S/C17H27NO3/c1-6-15(13-7-9-14(20-4)10-8-13)18-16(11-12(2)3)17(19)21-5/h7-10,12,15-16,18H,6,11H2,1-5H3. The molecule has 1 N–H and O–H groups in total. The van der Waals surface area contributed by atoms with E-state index in [9.17, 15) is 4.79 Å². The van der Waals surface area contributed by atoms with E-state index >= 15 is 0 Å². The molecule has 0 saturated carbocycles. The van der Waals surface area contributed by atoms with E-state index < -0.39 is 0 Å². The molecule has 2 unspecified atom stereocenters. The number of carbonyl (C=O) groups is 1. The van der Waals surface area contributed by atoms with Gasteiger partial charge in [-0.15, -0.1) is 0 Å². The van der Waals surface area contributed by atoms with E-state index in [2.05, 4.69) is 26.1 Å². The first-order valence-corrected chi connectivity index (χ1v) is 7.49. The van der Waals surface area contributed by atoms with Gasteiger partial charge in [0.05, 0.1) is 14.2 Å². The number of esters is 1. The number of hydrogen-bond donors (Lipinski definition) is 1. The lowest BCUT2D eigenvalue weighted by molar-refractivity contribution is -0.143. The number of methoxy groups -OCH3 is 2. The molecule has 118 valence electrons. The molecule has 4 heteroatoms. The number of carbonyl (C=O) groups excluding carboxylic acids is 1. The molecular formula is C17H27NO3. The molecule has 0 heterocycles. The zero-order valence-electron chi connectivity index (χ0n) is 13.7. The van der Waals surface area contributed by atoms with Gasteiger partial charge >= 0.3 is 5.97 Å². The number of nitrogens with one attached hydrogen (secondary N) is 1. The molecule has 0 aliphatic rings. The molecule has 0 aliphatic heterocycles. The largest absolute Gasteiger partial charge is 0.497 e. The third-order valence-corrected chi connectivity index (χ3v) is 3.52. The summed E-state index contributed by atoms with van der Waals surface area (Å²) >= 11 is 0. The molecule has 0 spiro atoms. The average molecular weight is 293 g/mol. The lowest BCUT2D eigenvalue weighted by Crippen LogP contribution is -2.40. The maximum atomic E-state index is 11.9. The number of rotatable bonds is 8. The molecule has 4 nitrogen and oxygen atoms in total. The van der Waals surface area contributed by atoms with Crippen LogP contribution in [0.4, 0.5) is 0 Å². The number of benzene rings is 1. The van der Waals surface area contributed by atoms with Crippen LogP contribution in [0.5, 0.6) is 5.75 Å². The van der Waals surface area contributed by atoms with Crippen LogP contribution in [0.3, 0.4) is 0 Å². The van der Waals surface area contributed by atoms with Crippen molar-refractivity contribution in [1.82, 2.24) is 5.32 Å². The first kappa shape index (κ1) is 17.5. The lowest BCUT2D eigenvalue weighted by Gasteiger charge is -2.25. The summed E-state index contributed by atoms with van der Waals surface area (Å²) in [6, 6.07) is 7.79. The number of ether oxygens (including phenoxy) is 2. The van der Waals surface area contributed by atoms with E-state index in [4.69, 9.17) is 9.47 Å². The second-order valence-corrected chi connectivity index (χ2v) is 5.61. The first-order valence-electron chi connectivity index (χ1n) is 7.49. The van der Waals surface area contributed by atoms with E-state index in [0.717, 1.165) is 24.2 Å².